The Morgan fingerprint density at radius 3 is 2.65 bits per heavy atom. The zero-order valence-electron chi connectivity index (χ0n) is 10.2. The molecular formula is C13H18ClNOS. The molecule has 1 N–H and O–H groups in total. The van der Waals surface area contributed by atoms with Crippen LogP contribution in [0.2, 0.25) is 5.02 Å². The lowest BCUT2D eigenvalue weighted by molar-refractivity contribution is 0.460. The maximum atomic E-state index is 12.5. The van der Waals surface area contributed by atoms with E-state index in [-0.39, 0.29) is 5.25 Å². The Morgan fingerprint density at radius 2 is 2.06 bits per heavy atom. The van der Waals surface area contributed by atoms with Crippen molar-refractivity contribution in [3.05, 3.63) is 29.3 Å². The first kappa shape index (κ1) is 13.1. The summed E-state index contributed by atoms with van der Waals surface area (Å²) < 4.78 is 12.5. The number of nitrogens with one attached hydrogen (secondary N) is 1. The Balaban J connectivity index is 2.19. The van der Waals surface area contributed by atoms with Crippen molar-refractivity contribution < 1.29 is 4.21 Å². The highest BCUT2D eigenvalue weighted by molar-refractivity contribution is 7.85. The van der Waals surface area contributed by atoms with Crippen molar-refractivity contribution in [3.63, 3.8) is 0 Å². The predicted octanol–water partition coefficient (Wildman–Crippen LogP) is 2.83. The molecule has 4 unspecified atom stereocenters. The number of halogens is 1. The van der Waals surface area contributed by atoms with Crippen LogP contribution >= 0.6 is 11.6 Å². The third-order valence-electron chi connectivity index (χ3n) is 3.68. The van der Waals surface area contributed by atoms with E-state index in [0.29, 0.717) is 17.0 Å². The monoisotopic (exact) mass is 271 g/mol. The molecule has 0 spiro atoms. The van der Waals surface area contributed by atoms with Gasteiger partial charge < -0.3 is 5.32 Å². The Bertz CT molecular complexity index is 424. The van der Waals surface area contributed by atoms with Crippen molar-refractivity contribution in [2.45, 2.75) is 36.0 Å². The van der Waals surface area contributed by atoms with Crippen LogP contribution in [0.15, 0.2) is 29.2 Å². The summed E-state index contributed by atoms with van der Waals surface area (Å²) in [4.78, 5) is 0.780. The standard InChI is InChI=1S/C13H18ClNOS/c1-9-11(15-2)7-8-12(9)17(16)13-6-4-3-5-10(13)14/h3-6,9,11-12,15H,7-8H2,1-2H3. The van der Waals surface area contributed by atoms with Crippen molar-refractivity contribution in [1.82, 2.24) is 5.32 Å². The SMILES string of the molecule is CNC1CCC(S(=O)c2ccccc2Cl)C1C. The van der Waals surface area contributed by atoms with Crippen LogP contribution in [0.25, 0.3) is 0 Å². The molecule has 17 heavy (non-hydrogen) atoms. The molecule has 0 heterocycles. The second-order valence-corrected chi connectivity index (χ2v) is 6.65. The highest BCUT2D eigenvalue weighted by atomic mass is 35.5. The first-order valence-corrected chi connectivity index (χ1v) is 7.56. The number of hydrogen-bond acceptors (Lipinski definition) is 2. The third kappa shape index (κ3) is 2.56. The summed E-state index contributed by atoms with van der Waals surface area (Å²) in [5, 5.41) is 4.13. The molecule has 0 saturated heterocycles. The number of rotatable bonds is 3. The van der Waals surface area contributed by atoms with Gasteiger partial charge in [-0.2, -0.15) is 0 Å². The minimum absolute atomic E-state index is 0.215. The van der Waals surface area contributed by atoms with E-state index in [9.17, 15) is 4.21 Å². The summed E-state index contributed by atoms with van der Waals surface area (Å²) in [5.74, 6) is 0.428. The molecule has 0 radical (unpaired) electrons. The van der Waals surface area contributed by atoms with Gasteiger partial charge in [-0.1, -0.05) is 30.7 Å². The van der Waals surface area contributed by atoms with Gasteiger partial charge in [-0.05, 0) is 37.9 Å². The normalized spacial score (nSPS) is 30.4. The van der Waals surface area contributed by atoms with Crippen LogP contribution in [-0.4, -0.2) is 22.5 Å². The second-order valence-electron chi connectivity index (χ2n) is 4.60. The lowest BCUT2D eigenvalue weighted by Gasteiger charge is -2.20. The average Bonchev–Trinajstić information content (AvgIpc) is 2.70. The molecule has 0 aromatic heterocycles. The summed E-state index contributed by atoms with van der Waals surface area (Å²) in [6.45, 7) is 2.17. The minimum Gasteiger partial charge on any atom is -0.317 e. The fraction of sp³-hybridized carbons (Fsp3) is 0.538. The van der Waals surface area contributed by atoms with Gasteiger partial charge in [-0.25, -0.2) is 0 Å². The van der Waals surface area contributed by atoms with E-state index in [4.69, 9.17) is 11.6 Å². The molecule has 0 aliphatic heterocycles. The summed E-state index contributed by atoms with van der Waals surface area (Å²) in [6, 6.07) is 7.93. The van der Waals surface area contributed by atoms with Crippen molar-refractivity contribution in [3.8, 4) is 0 Å². The molecule has 1 aliphatic rings. The maximum absolute atomic E-state index is 12.5. The fourth-order valence-electron chi connectivity index (χ4n) is 2.61. The summed E-state index contributed by atoms with van der Waals surface area (Å²) in [6.07, 6.45) is 2.10. The van der Waals surface area contributed by atoms with Gasteiger partial charge in [0.15, 0.2) is 0 Å². The van der Waals surface area contributed by atoms with Gasteiger partial charge in [0.05, 0.1) is 20.7 Å². The topological polar surface area (TPSA) is 29.1 Å². The highest BCUT2D eigenvalue weighted by Crippen LogP contribution is 2.34. The highest BCUT2D eigenvalue weighted by Gasteiger charge is 2.36. The van der Waals surface area contributed by atoms with E-state index in [1.807, 2.05) is 31.3 Å². The molecule has 1 aromatic rings. The van der Waals surface area contributed by atoms with E-state index in [0.717, 1.165) is 17.7 Å². The first-order valence-electron chi connectivity index (χ1n) is 5.97. The van der Waals surface area contributed by atoms with E-state index in [1.54, 1.807) is 0 Å². The fourth-order valence-corrected chi connectivity index (χ4v) is 4.70. The smallest absolute Gasteiger partial charge is 0.0579 e. The van der Waals surface area contributed by atoms with E-state index in [2.05, 4.69) is 12.2 Å². The summed E-state index contributed by atoms with van der Waals surface area (Å²) >= 11 is 6.11. The zero-order chi connectivity index (χ0) is 12.4. The van der Waals surface area contributed by atoms with E-state index >= 15 is 0 Å². The van der Waals surface area contributed by atoms with Crippen LogP contribution in [0.1, 0.15) is 19.8 Å². The lowest BCUT2D eigenvalue weighted by atomic mass is 10.1. The maximum Gasteiger partial charge on any atom is 0.0579 e. The Hall–Kier alpha value is -0.380. The molecule has 2 rings (SSSR count). The van der Waals surface area contributed by atoms with Crippen LogP contribution in [0.5, 0.6) is 0 Å². The average molecular weight is 272 g/mol. The van der Waals surface area contributed by atoms with Crippen molar-refractivity contribution in [2.24, 2.45) is 5.92 Å². The van der Waals surface area contributed by atoms with Gasteiger partial charge in [0.1, 0.15) is 0 Å². The first-order chi connectivity index (χ1) is 8.15. The second kappa shape index (κ2) is 5.51. The molecule has 1 aliphatic carbocycles. The minimum atomic E-state index is -0.995. The van der Waals surface area contributed by atoms with Gasteiger partial charge in [0.2, 0.25) is 0 Å². The summed E-state index contributed by atoms with van der Waals surface area (Å²) in [7, 11) is 0.980. The Labute approximate surface area is 110 Å². The summed E-state index contributed by atoms with van der Waals surface area (Å²) in [5.41, 5.74) is 0. The van der Waals surface area contributed by atoms with Crippen molar-refractivity contribution in [2.75, 3.05) is 7.05 Å². The largest absolute Gasteiger partial charge is 0.317 e. The van der Waals surface area contributed by atoms with Crippen LogP contribution < -0.4 is 5.32 Å². The zero-order valence-corrected chi connectivity index (χ0v) is 11.7. The molecule has 1 saturated carbocycles. The Kier molecular flexibility index (Phi) is 4.23. The van der Waals surface area contributed by atoms with Crippen LogP contribution in [0.4, 0.5) is 0 Å². The van der Waals surface area contributed by atoms with Gasteiger partial charge in [0.25, 0.3) is 0 Å². The van der Waals surface area contributed by atoms with Gasteiger partial charge in [-0.3, -0.25) is 4.21 Å². The molecule has 4 heteroatoms. The molecule has 0 bridgehead atoms. The van der Waals surface area contributed by atoms with Crippen molar-refractivity contribution in [1.29, 1.82) is 0 Å². The number of hydrogen-bond donors (Lipinski definition) is 1. The quantitative estimate of drug-likeness (QED) is 0.916. The predicted molar refractivity (Wildman–Crippen MR) is 72.9 cm³/mol. The Morgan fingerprint density at radius 1 is 1.35 bits per heavy atom. The molecule has 4 atom stereocenters. The van der Waals surface area contributed by atoms with Crippen molar-refractivity contribution >= 4 is 22.4 Å². The van der Waals surface area contributed by atoms with Gasteiger partial charge >= 0.3 is 0 Å². The van der Waals surface area contributed by atoms with Crippen LogP contribution in [0.3, 0.4) is 0 Å². The van der Waals surface area contributed by atoms with E-state index < -0.39 is 10.8 Å². The molecule has 2 nitrogen and oxygen atoms in total. The van der Waals surface area contributed by atoms with Crippen LogP contribution in [-0.2, 0) is 10.8 Å². The molecule has 0 amide bonds. The molecule has 94 valence electrons. The lowest BCUT2D eigenvalue weighted by Crippen LogP contribution is -2.32. The molecular weight excluding hydrogens is 254 g/mol. The van der Waals surface area contributed by atoms with Crippen LogP contribution in [0, 0.1) is 5.92 Å². The van der Waals surface area contributed by atoms with E-state index in [1.165, 1.54) is 0 Å². The third-order valence-corrected chi connectivity index (χ3v) is 6.13. The van der Waals surface area contributed by atoms with Gasteiger partial charge in [-0.15, -0.1) is 0 Å². The molecule has 1 aromatic carbocycles. The van der Waals surface area contributed by atoms with Gasteiger partial charge in [0, 0.05) is 11.3 Å². The molecule has 1 fully saturated rings. The number of benzene rings is 1.